The van der Waals surface area contributed by atoms with Crippen LogP contribution in [0.15, 0.2) is 10.2 Å². The molecule has 0 aliphatic rings. The molecule has 0 bridgehead atoms. The van der Waals surface area contributed by atoms with Crippen LogP contribution in [0, 0.1) is 0 Å². The van der Waals surface area contributed by atoms with Gasteiger partial charge in [0, 0.05) is 12.4 Å². The van der Waals surface area contributed by atoms with Gasteiger partial charge in [0.1, 0.15) is 0 Å². The standard InChI is InChI=1S/C7H15N3/c1-6(2)9-10(8-5)7(3)4/h7H,5H2,1-4H3. The maximum absolute atomic E-state index is 4.12. The Labute approximate surface area is 62.4 Å². The Morgan fingerprint density at radius 3 is 2.00 bits per heavy atom. The Bertz CT molecular complexity index is 134. The van der Waals surface area contributed by atoms with Crippen molar-refractivity contribution in [2.24, 2.45) is 10.2 Å². The molecule has 0 heterocycles. The molecule has 0 saturated carbocycles. The fourth-order valence-corrected chi connectivity index (χ4v) is 0.515. The molecule has 0 atom stereocenters. The molecule has 0 N–H and O–H groups in total. The first-order valence-electron chi connectivity index (χ1n) is 3.35. The molecule has 0 unspecified atom stereocenters. The van der Waals surface area contributed by atoms with E-state index in [9.17, 15) is 0 Å². The lowest BCUT2D eigenvalue weighted by Crippen LogP contribution is -2.19. The van der Waals surface area contributed by atoms with E-state index in [0.717, 1.165) is 5.71 Å². The van der Waals surface area contributed by atoms with Gasteiger partial charge < -0.3 is 0 Å². The molecule has 0 aliphatic carbocycles. The van der Waals surface area contributed by atoms with Gasteiger partial charge in [-0.15, -0.1) is 0 Å². The molecular weight excluding hydrogens is 126 g/mol. The Kier molecular flexibility index (Phi) is 3.69. The first-order chi connectivity index (χ1) is 4.57. The third-order valence-electron chi connectivity index (χ3n) is 0.909. The average Bonchev–Trinajstić information content (AvgIpc) is 1.81. The monoisotopic (exact) mass is 141 g/mol. The van der Waals surface area contributed by atoms with E-state index in [2.05, 4.69) is 16.9 Å². The summed E-state index contributed by atoms with van der Waals surface area (Å²) >= 11 is 0. The van der Waals surface area contributed by atoms with Gasteiger partial charge in [0.2, 0.25) is 0 Å². The lowest BCUT2D eigenvalue weighted by Gasteiger charge is -2.16. The van der Waals surface area contributed by atoms with Crippen molar-refractivity contribution >= 4 is 12.4 Å². The Balaban J connectivity index is 4.09. The van der Waals surface area contributed by atoms with E-state index in [0.29, 0.717) is 0 Å². The molecule has 0 amide bonds. The summed E-state index contributed by atoms with van der Waals surface area (Å²) in [6.07, 6.45) is 0. The quantitative estimate of drug-likeness (QED) is 0.434. The van der Waals surface area contributed by atoms with Crippen LogP contribution in [0.25, 0.3) is 0 Å². The molecular formula is C7H15N3. The van der Waals surface area contributed by atoms with Crippen LogP contribution in [0.1, 0.15) is 27.7 Å². The maximum Gasteiger partial charge on any atom is 0.0659 e. The number of hydrazone groups is 2. The van der Waals surface area contributed by atoms with Crippen LogP contribution in [0.4, 0.5) is 0 Å². The largest absolute Gasteiger partial charge is 0.183 e. The van der Waals surface area contributed by atoms with E-state index in [1.807, 2.05) is 27.7 Å². The summed E-state index contributed by atoms with van der Waals surface area (Å²) in [6, 6.07) is 0.285. The molecule has 3 heteroatoms. The van der Waals surface area contributed by atoms with Crippen LogP contribution >= 0.6 is 0 Å². The van der Waals surface area contributed by atoms with Crippen LogP contribution in [0.2, 0.25) is 0 Å². The minimum Gasteiger partial charge on any atom is -0.183 e. The Morgan fingerprint density at radius 1 is 1.40 bits per heavy atom. The predicted molar refractivity (Wildman–Crippen MR) is 45.3 cm³/mol. The number of hydrogen-bond acceptors (Lipinski definition) is 3. The van der Waals surface area contributed by atoms with Gasteiger partial charge in [-0.2, -0.15) is 15.3 Å². The first kappa shape index (κ1) is 9.14. The predicted octanol–water partition coefficient (Wildman–Crippen LogP) is 1.71. The molecule has 0 aromatic carbocycles. The highest BCUT2D eigenvalue weighted by Crippen LogP contribution is 1.98. The van der Waals surface area contributed by atoms with Gasteiger partial charge in [-0.3, -0.25) is 0 Å². The highest BCUT2D eigenvalue weighted by atomic mass is 15.7. The van der Waals surface area contributed by atoms with Crippen LogP contribution in [-0.2, 0) is 0 Å². The van der Waals surface area contributed by atoms with Gasteiger partial charge >= 0.3 is 0 Å². The normalized spacial score (nSPS) is 9.30. The second kappa shape index (κ2) is 4.04. The summed E-state index contributed by atoms with van der Waals surface area (Å²) < 4.78 is 0. The van der Waals surface area contributed by atoms with Gasteiger partial charge in [0.25, 0.3) is 0 Å². The van der Waals surface area contributed by atoms with E-state index in [1.165, 1.54) is 0 Å². The van der Waals surface area contributed by atoms with E-state index in [-0.39, 0.29) is 6.04 Å². The average molecular weight is 141 g/mol. The highest BCUT2D eigenvalue weighted by Gasteiger charge is 2.00. The Morgan fingerprint density at radius 2 is 1.90 bits per heavy atom. The Hall–Kier alpha value is -0.860. The summed E-state index contributed by atoms with van der Waals surface area (Å²) in [5.41, 5.74) is 0.987. The van der Waals surface area contributed by atoms with E-state index in [1.54, 1.807) is 5.12 Å². The molecule has 0 radical (unpaired) electrons. The number of nitrogens with zero attached hydrogens (tertiary/aromatic N) is 3. The van der Waals surface area contributed by atoms with Crippen LogP contribution in [0.5, 0.6) is 0 Å². The van der Waals surface area contributed by atoms with Crippen molar-refractivity contribution in [3.05, 3.63) is 0 Å². The molecule has 0 aliphatic heterocycles. The minimum absolute atomic E-state index is 0.285. The van der Waals surface area contributed by atoms with Gasteiger partial charge in [0.05, 0.1) is 6.04 Å². The molecule has 0 fully saturated rings. The van der Waals surface area contributed by atoms with Crippen molar-refractivity contribution < 1.29 is 0 Å². The smallest absolute Gasteiger partial charge is 0.0659 e. The maximum atomic E-state index is 4.12. The topological polar surface area (TPSA) is 28.0 Å². The van der Waals surface area contributed by atoms with Gasteiger partial charge in [-0.1, -0.05) is 0 Å². The highest BCUT2D eigenvalue weighted by molar-refractivity contribution is 5.78. The van der Waals surface area contributed by atoms with Crippen molar-refractivity contribution in [2.75, 3.05) is 0 Å². The zero-order valence-electron chi connectivity index (χ0n) is 7.13. The second-order valence-corrected chi connectivity index (χ2v) is 2.60. The van der Waals surface area contributed by atoms with E-state index in [4.69, 9.17) is 0 Å². The summed E-state index contributed by atoms with van der Waals surface area (Å²) in [7, 11) is 0. The molecule has 10 heavy (non-hydrogen) atoms. The van der Waals surface area contributed by atoms with E-state index >= 15 is 0 Å². The lowest BCUT2D eigenvalue weighted by atomic mass is 10.4. The lowest BCUT2D eigenvalue weighted by molar-refractivity contribution is 0.246. The molecule has 3 nitrogen and oxygen atoms in total. The van der Waals surface area contributed by atoms with Crippen molar-refractivity contribution in [3.63, 3.8) is 0 Å². The molecule has 0 aromatic rings. The summed E-state index contributed by atoms with van der Waals surface area (Å²) in [4.78, 5) is 0. The SMILES string of the molecule is C=NN(N=C(C)C)C(C)C. The molecule has 0 saturated heterocycles. The zero-order chi connectivity index (χ0) is 8.15. The zero-order valence-corrected chi connectivity index (χ0v) is 7.13. The molecule has 58 valence electrons. The van der Waals surface area contributed by atoms with Crippen molar-refractivity contribution in [3.8, 4) is 0 Å². The first-order valence-corrected chi connectivity index (χ1v) is 3.35. The van der Waals surface area contributed by atoms with Crippen molar-refractivity contribution in [2.45, 2.75) is 33.7 Å². The molecule has 0 spiro atoms. The summed E-state index contributed by atoms with van der Waals surface area (Å²) in [5, 5.41) is 9.43. The summed E-state index contributed by atoms with van der Waals surface area (Å²) in [5.74, 6) is 0. The fraction of sp³-hybridized carbons (Fsp3) is 0.714. The van der Waals surface area contributed by atoms with Gasteiger partial charge in [-0.05, 0) is 27.7 Å². The molecule has 0 aromatic heterocycles. The van der Waals surface area contributed by atoms with E-state index < -0.39 is 0 Å². The second-order valence-electron chi connectivity index (χ2n) is 2.60. The molecule has 0 rings (SSSR count). The fourth-order valence-electron chi connectivity index (χ4n) is 0.515. The van der Waals surface area contributed by atoms with Gasteiger partial charge in [0.15, 0.2) is 0 Å². The summed E-state index contributed by atoms with van der Waals surface area (Å²) in [6.45, 7) is 11.3. The van der Waals surface area contributed by atoms with Crippen LogP contribution < -0.4 is 0 Å². The van der Waals surface area contributed by atoms with Gasteiger partial charge in [-0.25, -0.2) is 0 Å². The van der Waals surface area contributed by atoms with Crippen molar-refractivity contribution in [1.82, 2.24) is 5.12 Å². The number of rotatable bonds is 3. The number of hydrogen-bond donors (Lipinski definition) is 0. The van der Waals surface area contributed by atoms with Crippen LogP contribution in [-0.4, -0.2) is 23.6 Å². The third kappa shape index (κ3) is 3.22. The third-order valence-corrected chi connectivity index (χ3v) is 0.909. The van der Waals surface area contributed by atoms with Crippen LogP contribution in [0.3, 0.4) is 0 Å². The minimum atomic E-state index is 0.285. The van der Waals surface area contributed by atoms with Crippen molar-refractivity contribution in [1.29, 1.82) is 0 Å².